The van der Waals surface area contributed by atoms with Crippen molar-refractivity contribution < 1.29 is 4.79 Å². The summed E-state index contributed by atoms with van der Waals surface area (Å²) in [4.78, 5) is 40.2. The third-order valence-corrected chi connectivity index (χ3v) is 4.18. The normalized spacial score (nSPS) is 10.6. The molecule has 0 saturated carbocycles. The average Bonchev–Trinajstić information content (AvgIpc) is 3.00. The zero-order valence-corrected chi connectivity index (χ0v) is 13.3. The molecule has 2 heterocycles. The fraction of sp³-hybridized carbons (Fsp3) is 0.357. The van der Waals surface area contributed by atoms with Gasteiger partial charge in [0, 0.05) is 13.6 Å². The maximum Gasteiger partial charge on any atom is 0.330 e. The van der Waals surface area contributed by atoms with E-state index in [1.807, 2.05) is 6.92 Å². The minimum Gasteiger partial charge on any atom is -0.383 e. The number of hydrogen-bond acceptors (Lipinski definition) is 5. The van der Waals surface area contributed by atoms with Crippen LogP contribution in [0.4, 0.5) is 11.5 Å². The van der Waals surface area contributed by atoms with Crippen LogP contribution in [0, 0.1) is 0 Å². The monoisotopic (exact) mass is 322 g/mol. The lowest BCUT2D eigenvalue weighted by Crippen LogP contribution is -2.39. The first-order valence-corrected chi connectivity index (χ1v) is 7.79. The number of carbonyl (C=O) groups is 1. The summed E-state index contributed by atoms with van der Waals surface area (Å²) in [5.41, 5.74) is 4.74. The minimum absolute atomic E-state index is 0.00546. The zero-order chi connectivity index (χ0) is 16.3. The van der Waals surface area contributed by atoms with E-state index < -0.39 is 11.2 Å². The topological polar surface area (TPSA) is 101 Å². The molecule has 3 N–H and O–H groups in total. The van der Waals surface area contributed by atoms with Crippen molar-refractivity contribution in [3.63, 3.8) is 0 Å². The molecule has 0 fully saturated rings. The molecule has 1 amide bonds. The molecule has 2 rings (SSSR count). The molecule has 22 heavy (non-hydrogen) atoms. The van der Waals surface area contributed by atoms with Crippen molar-refractivity contribution in [1.82, 2.24) is 9.55 Å². The smallest absolute Gasteiger partial charge is 0.330 e. The number of carbonyl (C=O) groups excluding carboxylic acids is 1. The number of rotatable bonds is 5. The lowest BCUT2D eigenvalue weighted by atomic mass is 10.3. The van der Waals surface area contributed by atoms with Gasteiger partial charge in [-0.1, -0.05) is 19.4 Å². The molecule has 0 radical (unpaired) electrons. The molecular formula is C14H18N4O3S. The van der Waals surface area contributed by atoms with Crippen molar-refractivity contribution >= 4 is 28.7 Å². The van der Waals surface area contributed by atoms with Crippen LogP contribution in [0.3, 0.4) is 0 Å². The highest BCUT2D eigenvalue weighted by atomic mass is 32.1. The van der Waals surface area contributed by atoms with Crippen molar-refractivity contribution in [3.8, 4) is 0 Å². The highest BCUT2D eigenvalue weighted by Gasteiger charge is 2.22. The van der Waals surface area contributed by atoms with Gasteiger partial charge in [-0.05, 0) is 17.9 Å². The van der Waals surface area contributed by atoms with E-state index in [1.165, 1.54) is 27.9 Å². The van der Waals surface area contributed by atoms with E-state index in [9.17, 15) is 14.4 Å². The lowest BCUT2D eigenvalue weighted by Gasteiger charge is -2.19. The molecule has 118 valence electrons. The molecule has 7 nitrogen and oxygen atoms in total. The van der Waals surface area contributed by atoms with Crippen molar-refractivity contribution in [1.29, 1.82) is 0 Å². The van der Waals surface area contributed by atoms with Crippen LogP contribution in [-0.2, 0) is 6.54 Å². The van der Waals surface area contributed by atoms with Crippen LogP contribution in [0.5, 0.6) is 0 Å². The van der Waals surface area contributed by atoms with Gasteiger partial charge < -0.3 is 10.6 Å². The van der Waals surface area contributed by atoms with Crippen LogP contribution in [-0.4, -0.2) is 22.5 Å². The summed E-state index contributed by atoms with van der Waals surface area (Å²) in [6.45, 7) is 2.38. The molecule has 0 aromatic carbocycles. The van der Waals surface area contributed by atoms with E-state index in [1.54, 1.807) is 17.5 Å². The number of amides is 1. The standard InChI is InChI=1S/C14H18N4O3S/c1-3-4-7-18-11(15)10(12(19)16-14(18)21)17(2)13(20)9-6-5-8-22-9/h5-6,8H,3-4,7,15H2,1-2H3,(H,16,19,21). The van der Waals surface area contributed by atoms with Crippen LogP contribution in [0.1, 0.15) is 29.4 Å². The molecule has 2 aromatic heterocycles. The van der Waals surface area contributed by atoms with Gasteiger partial charge in [0.1, 0.15) is 5.82 Å². The highest BCUT2D eigenvalue weighted by Crippen LogP contribution is 2.19. The van der Waals surface area contributed by atoms with E-state index in [0.717, 1.165) is 12.8 Å². The molecule has 0 aliphatic carbocycles. The summed E-state index contributed by atoms with van der Waals surface area (Å²) in [6.07, 6.45) is 1.63. The summed E-state index contributed by atoms with van der Waals surface area (Å²) < 4.78 is 1.29. The second kappa shape index (κ2) is 6.61. The molecule has 0 aliphatic rings. The van der Waals surface area contributed by atoms with Crippen LogP contribution in [0.15, 0.2) is 27.1 Å². The van der Waals surface area contributed by atoms with Gasteiger partial charge in [-0.25, -0.2) is 4.79 Å². The highest BCUT2D eigenvalue weighted by molar-refractivity contribution is 7.12. The maximum atomic E-state index is 12.4. The molecule has 0 spiro atoms. The number of aromatic amines is 1. The van der Waals surface area contributed by atoms with Crippen molar-refractivity contribution in [3.05, 3.63) is 43.2 Å². The number of anilines is 2. The van der Waals surface area contributed by atoms with E-state index in [-0.39, 0.29) is 17.4 Å². The van der Waals surface area contributed by atoms with E-state index in [4.69, 9.17) is 5.73 Å². The predicted octanol–water partition coefficient (Wildman–Crippen LogP) is 1.26. The Hall–Kier alpha value is -2.35. The molecule has 0 aliphatic heterocycles. The second-order valence-corrected chi connectivity index (χ2v) is 5.79. The summed E-state index contributed by atoms with van der Waals surface area (Å²) in [5.74, 6) is -0.331. The Balaban J connectivity index is 2.48. The number of nitrogens with zero attached hydrogens (tertiary/aromatic N) is 2. The molecule has 0 atom stereocenters. The Morgan fingerprint density at radius 1 is 1.45 bits per heavy atom. The van der Waals surface area contributed by atoms with Gasteiger partial charge in [-0.3, -0.25) is 19.1 Å². The summed E-state index contributed by atoms with van der Waals surface area (Å²) in [7, 11) is 1.47. The van der Waals surface area contributed by atoms with Crippen LogP contribution >= 0.6 is 11.3 Å². The van der Waals surface area contributed by atoms with E-state index in [2.05, 4.69) is 4.98 Å². The Morgan fingerprint density at radius 3 is 2.77 bits per heavy atom. The number of nitrogens with one attached hydrogen (secondary N) is 1. The van der Waals surface area contributed by atoms with Crippen molar-refractivity contribution in [2.75, 3.05) is 17.7 Å². The van der Waals surface area contributed by atoms with Gasteiger partial charge in [0.25, 0.3) is 11.5 Å². The predicted molar refractivity (Wildman–Crippen MR) is 87.7 cm³/mol. The summed E-state index contributed by atoms with van der Waals surface area (Å²) in [5, 5.41) is 1.77. The first-order chi connectivity index (χ1) is 10.5. The second-order valence-electron chi connectivity index (χ2n) is 4.84. The number of nitrogen functional groups attached to an aromatic ring is 1. The van der Waals surface area contributed by atoms with Gasteiger partial charge >= 0.3 is 5.69 Å². The molecule has 8 heteroatoms. The van der Waals surface area contributed by atoms with Crippen molar-refractivity contribution in [2.45, 2.75) is 26.3 Å². The third-order valence-electron chi connectivity index (χ3n) is 3.32. The fourth-order valence-electron chi connectivity index (χ4n) is 2.11. The molecular weight excluding hydrogens is 304 g/mol. The number of hydrogen-bond donors (Lipinski definition) is 2. The largest absolute Gasteiger partial charge is 0.383 e. The van der Waals surface area contributed by atoms with Gasteiger partial charge in [-0.15, -0.1) is 11.3 Å². The molecule has 0 bridgehead atoms. The first kappa shape index (κ1) is 16.0. The summed E-state index contributed by atoms with van der Waals surface area (Å²) >= 11 is 1.27. The van der Waals surface area contributed by atoms with E-state index >= 15 is 0 Å². The third kappa shape index (κ3) is 2.96. The van der Waals surface area contributed by atoms with Gasteiger partial charge in [0.05, 0.1) is 4.88 Å². The Kier molecular flexibility index (Phi) is 4.81. The lowest BCUT2D eigenvalue weighted by molar-refractivity contribution is 0.0996. The quantitative estimate of drug-likeness (QED) is 0.865. The minimum atomic E-state index is -0.664. The van der Waals surface area contributed by atoms with Crippen LogP contribution in [0.2, 0.25) is 0 Å². The Bertz CT molecular complexity index is 776. The van der Waals surface area contributed by atoms with Gasteiger partial charge in [-0.2, -0.15) is 0 Å². The molecule has 2 aromatic rings. The number of nitrogens with two attached hydrogens (primary N) is 1. The van der Waals surface area contributed by atoms with Crippen LogP contribution in [0.25, 0.3) is 0 Å². The Morgan fingerprint density at radius 2 is 2.18 bits per heavy atom. The summed E-state index contributed by atoms with van der Waals surface area (Å²) in [6, 6.07) is 3.42. The average molecular weight is 322 g/mol. The van der Waals surface area contributed by atoms with Gasteiger partial charge in [0.15, 0.2) is 5.69 Å². The maximum absolute atomic E-state index is 12.4. The first-order valence-electron chi connectivity index (χ1n) is 6.91. The Labute approximate surface area is 131 Å². The SMILES string of the molecule is CCCCn1c(N)c(N(C)C(=O)c2cccs2)c(=O)[nH]c1=O. The fourth-order valence-corrected chi connectivity index (χ4v) is 2.81. The number of unbranched alkanes of at least 4 members (excludes halogenated alkanes) is 1. The van der Waals surface area contributed by atoms with Crippen molar-refractivity contribution in [2.24, 2.45) is 0 Å². The molecule has 0 saturated heterocycles. The number of H-pyrrole nitrogens is 1. The number of thiophene rings is 1. The van der Waals surface area contributed by atoms with Crippen LogP contribution < -0.4 is 21.9 Å². The molecule has 0 unspecified atom stereocenters. The van der Waals surface area contributed by atoms with E-state index in [0.29, 0.717) is 11.4 Å². The number of aromatic nitrogens is 2. The van der Waals surface area contributed by atoms with Gasteiger partial charge in [0.2, 0.25) is 0 Å². The zero-order valence-electron chi connectivity index (χ0n) is 12.5.